The number of β-amino-alcohol motifs (C(OH)–C–C–N with tert-alkyl or cyclic N) is 1. The average Bonchev–Trinajstić information content (AvgIpc) is 2.88. The smallest absolute Gasteiger partial charge is 0.123 e. The van der Waals surface area contributed by atoms with Crippen LogP contribution in [0.4, 0.5) is 4.39 Å². The summed E-state index contributed by atoms with van der Waals surface area (Å²) in [6.45, 7) is 2.45. The van der Waals surface area contributed by atoms with E-state index in [0.717, 1.165) is 37.3 Å². The van der Waals surface area contributed by atoms with Gasteiger partial charge in [-0.05, 0) is 49.7 Å². The number of halogens is 1. The second kappa shape index (κ2) is 5.73. The SMILES string of the molecule is OC1CCCN(Cc2ccn(-c3ccc(F)cc3)n2)C1. The van der Waals surface area contributed by atoms with Crippen LogP contribution < -0.4 is 0 Å². The summed E-state index contributed by atoms with van der Waals surface area (Å²) >= 11 is 0. The first-order chi connectivity index (χ1) is 9.70. The average molecular weight is 275 g/mol. The van der Waals surface area contributed by atoms with E-state index < -0.39 is 0 Å². The molecule has 2 heterocycles. The summed E-state index contributed by atoms with van der Waals surface area (Å²) in [4.78, 5) is 2.21. The Morgan fingerprint density at radius 1 is 1.25 bits per heavy atom. The highest BCUT2D eigenvalue weighted by Crippen LogP contribution is 2.14. The van der Waals surface area contributed by atoms with Crippen molar-refractivity contribution in [2.24, 2.45) is 0 Å². The van der Waals surface area contributed by atoms with Crippen LogP contribution in [0.15, 0.2) is 36.5 Å². The number of hydrogen-bond acceptors (Lipinski definition) is 3. The van der Waals surface area contributed by atoms with Crippen molar-refractivity contribution >= 4 is 0 Å². The van der Waals surface area contributed by atoms with Gasteiger partial charge in [-0.3, -0.25) is 4.90 Å². The molecular weight excluding hydrogens is 257 g/mol. The fourth-order valence-electron chi connectivity index (χ4n) is 2.59. The minimum atomic E-state index is -0.247. The van der Waals surface area contributed by atoms with Gasteiger partial charge in [-0.25, -0.2) is 9.07 Å². The Labute approximate surface area is 117 Å². The number of rotatable bonds is 3. The summed E-state index contributed by atoms with van der Waals surface area (Å²) in [7, 11) is 0. The van der Waals surface area contributed by atoms with Gasteiger partial charge in [-0.15, -0.1) is 0 Å². The van der Waals surface area contributed by atoms with Crippen LogP contribution in [-0.2, 0) is 6.54 Å². The van der Waals surface area contributed by atoms with Crippen molar-refractivity contribution in [1.29, 1.82) is 0 Å². The minimum Gasteiger partial charge on any atom is -0.392 e. The molecule has 0 amide bonds. The third-order valence-corrected chi connectivity index (χ3v) is 3.60. The van der Waals surface area contributed by atoms with E-state index in [2.05, 4.69) is 10.00 Å². The van der Waals surface area contributed by atoms with Crippen LogP contribution in [0.1, 0.15) is 18.5 Å². The Morgan fingerprint density at radius 3 is 2.80 bits per heavy atom. The molecule has 1 aromatic carbocycles. The van der Waals surface area contributed by atoms with E-state index in [9.17, 15) is 9.50 Å². The van der Waals surface area contributed by atoms with Crippen LogP contribution in [0.5, 0.6) is 0 Å². The molecule has 5 heteroatoms. The van der Waals surface area contributed by atoms with Crippen LogP contribution in [0.25, 0.3) is 5.69 Å². The molecule has 1 aliphatic heterocycles. The summed E-state index contributed by atoms with van der Waals surface area (Å²) in [6, 6.07) is 8.23. The summed E-state index contributed by atoms with van der Waals surface area (Å²) in [6.07, 6.45) is 3.58. The van der Waals surface area contributed by atoms with E-state index in [1.165, 1.54) is 12.1 Å². The largest absolute Gasteiger partial charge is 0.392 e. The number of aromatic nitrogens is 2. The molecule has 1 aliphatic rings. The standard InChI is InChI=1S/C15H18FN3O/c16-12-3-5-14(6-4-12)19-9-7-13(17-19)10-18-8-1-2-15(20)11-18/h3-7,9,15,20H,1-2,8,10-11H2. The molecule has 0 aliphatic carbocycles. The third kappa shape index (κ3) is 3.05. The van der Waals surface area contributed by atoms with Gasteiger partial charge < -0.3 is 5.11 Å². The lowest BCUT2D eigenvalue weighted by atomic mass is 10.1. The van der Waals surface area contributed by atoms with Crippen molar-refractivity contribution in [2.45, 2.75) is 25.5 Å². The zero-order valence-corrected chi connectivity index (χ0v) is 11.2. The Morgan fingerprint density at radius 2 is 2.05 bits per heavy atom. The number of aliphatic hydroxyl groups excluding tert-OH is 1. The number of piperidine rings is 1. The Kier molecular flexibility index (Phi) is 3.80. The molecule has 0 saturated carbocycles. The van der Waals surface area contributed by atoms with E-state index >= 15 is 0 Å². The lowest BCUT2D eigenvalue weighted by Crippen LogP contribution is -2.37. The maximum atomic E-state index is 12.9. The van der Waals surface area contributed by atoms with Crippen molar-refractivity contribution in [3.05, 3.63) is 48.0 Å². The van der Waals surface area contributed by atoms with Gasteiger partial charge in [-0.1, -0.05) is 0 Å². The second-order valence-electron chi connectivity index (χ2n) is 5.26. The van der Waals surface area contributed by atoms with Gasteiger partial charge in [-0.2, -0.15) is 5.10 Å². The van der Waals surface area contributed by atoms with Gasteiger partial charge in [0.25, 0.3) is 0 Å². The molecule has 106 valence electrons. The predicted molar refractivity (Wildman–Crippen MR) is 74.0 cm³/mol. The van der Waals surface area contributed by atoms with E-state index in [0.29, 0.717) is 6.54 Å². The summed E-state index contributed by atoms with van der Waals surface area (Å²) in [5.41, 5.74) is 1.81. The van der Waals surface area contributed by atoms with Crippen molar-refractivity contribution < 1.29 is 9.50 Å². The third-order valence-electron chi connectivity index (χ3n) is 3.60. The van der Waals surface area contributed by atoms with Crippen LogP contribution in [0.2, 0.25) is 0 Å². The number of aliphatic hydroxyl groups is 1. The number of hydrogen-bond donors (Lipinski definition) is 1. The molecule has 2 aromatic rings. The molecule has 20 heavy (non-hydrogen) atoms. The molecule has 0 bridgehead atoms. The van der Waals surface area contributed by atoms with Gasteiger partial charge in [0.2, 0.25) is 0 Å². The number of nitrogens with zero attached hydrogens (tertiary/aromatic N) is 3. The van der Waals surface area contributed by atoms with Crippen LogP contribution in [0.3, 0.4) is 0 Å². The molecule has 1 N–H and O–H groups in total. The van der Waals surface area contributed by atoms with E-state index in [4.69, 9.17) is 0 Å². The molecule has 1 aromatic heterocycles. The minimum absolute atomic E-state index is 0.220. The zero-order valence-electron chi connectivity index (χ0n) is 11.2. The predicted octanol–water partition coefficient (Wildman–Crippen LogP) is 1.97. The normalized spacial score (nSPS) is 20.2. The van der Waals surface area contributed by atoms with Crippen LogP contribution in [-0.4, -0.2) is 39.0 Å². The van der Waals surface area contributed by atoms with Crippen molar-refractivity contribution in [1.82, 2.24) is 14.7 Å². The summed E-state index contributed by atoms with van der Waals surface area (Å²) < 4.78 is 14.6. The van der Waals surface area contributed by atoms with E-state index in [-0.39, 0.29) is 11.9 Å². The van der Waals surface area contributed by atoms with Crippen molar-refractivity contribution in [2.75, 3.05) is 13.1 Å². The van der Waals surface area contributed by atoms with Gasteiger partial charge in [0.15, 0.2) is 0 Å². The van der Waals surface area contributed by atoms with E-state index in [1.807, 2.05) is 12.3 Å². The number of benzene rings is 1. The summed E-state index contributed by atoms with van der Waals surface area (Å²) in [5, 5.41) is 14.2. The van der Waals surface area contributed by atoms with Gasteiger partial charge >= 0.3 is 0 Å². The molecule has 0 radical (unpaired) electrons. The monoisotopic (exact) mass is 275 g/mol. The molecular formula is C15H18FN3O. The topological polar surface area (TPSA) is 41.3 Å². The fourth-order valence-corrected chi connectivity index (χ4v) is 2.59. The molecule has 1 saturated heterocycles. The lowest BCUT2D eigenvalue weighted by Gasteiger charge is -2.29. The first-order valence-corrected chi connectivity index (χ1v) is 6.91. The molecule has 1 atom stereocenters. The Hall–Kier alpha value is -1.72. The first kappa shape index (κ1) is 13.3. The van der Waals surface area contributed by atoms with Crippen molar-refractivity contribution in [3.8, 4) is 5.69 Å². The Bertz CT molecular complexity index is 567. The maximum absolute atomic E-state index is 12.9. The highest BCUT2D eigenvalue weighted by Gasteiger charge is 2.18. The molecule has 4 nitrogen and oxygen atoms in total. The highest BCUT2D eigenvalue weighted by molar-refractivity contribution is 5.31. The maximum Gasteiger partial charge on any atom is 0.123 e. The van der Waals surface area contributed by atoms with Crippen LogP contribution >= 0.6 is 0 Å². The van der Waals surface area contributed by atoms with Crippen molar-refractivity contribution in [3.63, 3.8) is 0 Å². The fraction of sp³-hybridized carbons (Fsp3) is 0.400. The number of likely N-dealkylation sites (tertiary alicyclic amines) is 1. The first-order valence-electron chi connectivity index (χ1n) is 6.91. The summed E-state index contributed by atoms with van der Waals surface area (Å²) in [5.74, 6) is -0.247. The molecule has 1 fully saturated rings. The lowest BCUT2D eigenvalue weighted by molar-refractivity contribution is 0.0661. The van der Waals surface area contributed by atoms with E-state index in [1.54, 1.807) is 16.8 Å². The van der Waals surface area contributed by atoms with Gasteiger partial charge in [0.1, 0.15) is 5.82 Å². The Balaban J connectivity index is 1.69. The second-order valence-corrected chi connectivity index (χ2v) is 5.26. The zero-order chi connectivity index (χ0) is 13.9. The quantitative estimate of drug-likeness (QED) is 0.931. The molecule has 1 unspecified atom stereocenters. The molecule has 3 rings (SSSR count). The van der Waals surface area contributed by atoms with Gasteiger partial charge in [0, 0.05) is 19.3 Å². The highest BCUT2D eigenvalue weighted by atomic mass is 19.1. The van der Waals surface area contributed by atoms with Gasteiger partial charge in [0.05, 0.1) is 17.5 Å². The molecule has 0 spiro atoms. The van der Waals surface area contributed by atoms with Crippen LogP contribution in [0, 0.1) is 5.82 Å².